The predicted octanol–water partition coefficient (Wildman–Crippen LogP) is 7.37. The summed E-state index contributed by atoms with van der Waals surface area (Å²) in [5.41, 5.74) is 2.58. The predicted molar refractivity (Wildman–Crippen MR) is 135 cm³/mol. The van der Waals surface area contributed by atoms with Crippen molar-refractivity contribution in [2.75, 3.05) is 13.7 Å². The number of halogens is 1. The van der Waals surface area contributed by atoms with Crippen molar-refractivity contribution in [1.29, 1.82) is 0 Å². The summed E-state index contributed by atoms with van der Waals surface area (Å²) in [4.78, 5) is 13.3. The first kappa shape index (κ1) is 20.8. The van der Waals surface area contributed by atoms with Crippen molar-refractivity contribution in [2.45, 2.75) is 19.8 Å². The molecule has 1 heterocycles. The van der Waals surface area contributed by atoms with E-state index < -0.39 is 0 Å². The molecule has 0 spiro atoms. The Hall–Kier alpha value is -3.05. The number of aromatic nitrogens is 1. The number of methoxy groups -OCH3 is 1. The van der Waals surface area contributed by atoms with Gasteiger partial charge in [0.2, 0.25) is 0 Å². The summed E-state index contributed by atoms with van der Waals surface area (Å²) in [5, 5.41) is 6.42. The monoisotopic (exact) mass is 489 g/mol. The van der Waals surface area contributed by atoms with Crippen LogP contribution in [0.2, 0.25) is 0 Å². The van der Waals surface area contributed by atoms with Crippen LogP contribution in [0.25, 0.3) is 43.4 Å². The van der Waals surface area contributed by atoms with E-state index in [2.05, 4.69) is 51.7 Å². The summed E-state index contributed by atoms with van der Waals surface area (Å²) >= 11 is 3.68. The van der Waals surface area contributed by atoms with Crippen molar-refractivity contribution < 1.29 is 14.3 Å². The Bertz CT molecular complexity index is 1520. The van der Waals surface area contributed by atoms with Gasteiger partial charge in [-0.2, -0.15) is 0 Å². The molecular weight excluding hydrogens is 466 g/mol. The van der Waals surface area contributed by atoms with E-state index >= 15 is 0 Å². The van der Waals surface area contributed by atoms with Gasteiger partial charge in [0.25, 0.3) is 0 Å². The van der Waals surface area contributed by atoms with Crippen LogP contribution in [0.5, 0.6) is 5.75 Å². The fraction of sp³-hybridized carbons (Fsp3) is 0.222. The molecule has 4 aromatic carbocycles. The largest absolute Gasteiger partial charge is 0.497 e. The van der Waals surface area contributed by atoms with E-state index in [9.17, 15) is 4.79 Å². The van der Waals surface area contributed by atoms with Gasteiger partial charge in [-0.25, -0.2) is 4.79 Å². The van der Waals surface area contributed by atoms with Crippen LogP contribution >= 0.6 is 15.9 Å². The number of nitrogens with zero attached hydrogens (tertiary/aromatic N) is 1. The number of hydrogen-bond acceptors (Lipinski definition) is 3. The molecular formula is C27H24BrNO3. The number of fused-ring (bicyclic) bond motifs is 7. The Morgan fingerprint density at radius 2 is 1.72 bits per heavy atom. The number of benzene rings is 4. The highest BCUT2D eigenvalue weighted by atomic mass is 79.9. The van der Waals surface area contributed by atoms with Crippen LogP contribution in [0.1, 0.15) is 30.1 Å². The second-order valence-corrected chi connectivity index (χ2v) is 8.93. The maximum Gasteiger partial charge on any atom is 0.340 e. The molecule has 0 fully saturated rings. The van der Waals surface area contributed by atoms with Crippen LogP contribution < -0.4 is 4.74 Å². The molecule has 4 nitrogen and oxygen atoms in total. The second-order valence-electron chi connectivity index (χ2n) is 8.08. The smallest absolute Gasteiger partial charge is 0.340 e. The quantitative estimate of drug-likeness (QED) is 0.147. The lowest BCUT2D eigenvalue weighted by atomic mass is 9.95. The third-order valence-electron chi connectivity index (χ3n) is 6.21. The van der Waals surface area contributed by atoms with Gasteiger partial charge in [-0.15, -0.1) is 0 Å². The number of ether oxygens (including phenoxy) is 2. The van der Waals surface area contributed by atoms with Gasteiger partial charge in [0.1, 0.15) is 5.75 Å². The first-order chi connectivity index (χ1) is 15.5. The summed E-state index contributed by atoms with van der Waals surface area (Å²) in [6.07, 6.45) is 1.83. The van der Waals surface area contributed by atoms with Crippen molar-refractivity contribution in [3.63, 3.8) is 0 Å². The molecule has 0 amide bonds. The number of carbonyl (C=O) groups is 1. The summed E-state index contributed by atoms with van der Waals surface area (Å²) in [5.74, 6) is 0.484. The lowest BCUT2D eigenvalue weighted by Crippen LogP contribution is -2.08. The number of esters is 1. The number of para-hydroxylation sites is 1. The van der Waals surface area contributed by atoms with Gasteiger partial charge >= 0.3 is 5.97 Å². The lowest BCUT2D eigenvalue weighted by molar-refractivity contribution is 0.0502. The Morgan fingerprint density at radius 1 is 0.969 bits per heavy atom. The Balaban J connectivity index is 1.94. The third-order valence-corrected chi connectivity index (χ3v) is 6.86. The molecule has 0 aliphatic carbocycles. The topological polar surface area (TPSA) is 40.5 Å². The van der Waals surface area contributed by atoms with Crippen molar-refractivity contribution in [1.82, 2.24) is 4.57 Å². The number of hydrogen-bond donors (Lipinski definition) is 0. The maximum atomic E-state index is 13.3. The SMILES string of the molecule is CCCCOC(=O)c1cc2c3cc(OC)cc(Br)c3ccc2c2c3ccccc3n(C)c12. The minimum Gasteiger partial charge on any atom is -0.497 e. The molecule has 5 aromatic rings. The van der Waals surface area contributed by atoms with Crippen molar-refractivity contribution >= 4 is 65.2 Å². The zero-order valence-electron chi connectivity index (χ0n) is 18.4. The first-order valence-electron chi connectivity index (χ1n) is 10.8. The average Bonchev–Trinajstić information content (AvgIpc) is 3.11. The Morgan fingerprint density at radius 3 is 2.50 bits per heavy atom. The molecule has 0 aliphatic heterocycles. The molecule has 0 saturated heterocycles. The molecule has 162 valence electrons. The van der Waals surface area contributed by atoms with E-state index in [4.69, 9.17) is 9.47 Å². The molecule has 0 unspecified atom stereocenters. The van der Waals surface area contributed by atoms with Crippen molar-refractivity contribution in [3.05, 3.63) is 64.6 Å². The molecule has 5 rings (SSSR count). The number of aryl methyl sites for hydroxylation is 1. The molecule has 32 heavy (non-hydrogen) atoms. The van der Waals surface area contributed by atoms with E-state index in [1.165, 1.54) is 0 Å². The van der Waals surface area contributed by atoms with Crippen LogP contribution in [0.4, 0.5) is 0 Å². The average molecular weight is 490 g/mol. The number of carbonyl (C=O) groups excluding carboxylic acids is 1. The Kier molecular flexibility index (Phi) is 5.30. The van der Waals surface area contributed by atoms with E-state index in [0.29, 0.717) is 12.2 Å². The van der Waals surface area contributed by atoms with Gasteiger partial charge in [0, 0.05) is 27.8 Å². The molecule has 0 N–H and O–H groups in total. The van der Waals surface area contributed by atoms with E-state index in [1.54, 1.807) is 7.11 Å². The Labute approximate surface area is 194 Å². The van der Waals surface area contributed by atoms with Gasteiger partial charge in [-0.05, 0) is 52.2 Å². The molecule has 0 bridgehead atoms. The minimum atomic E-state index is -0.282. The molecule has 0 atom stereocenters. The van der Waals surface area contributed by atoms with E-state index in [0.717, 1.165) is 66.4 Å². The first-order valence-corrected chi connectivity index (χ1v) is 11.6. The zero-order valence-corrected chi connectivity index (χ0v) is 20.0. The van der Waals surface area contributed by atoms with Gasteiger partial charge in [0.05, 0.1) is 24.8 Å². The van der Waals surface area contributed by atoms with E-state index in [-0.39, 0.29) is 5.97 Å². The third kappa shape index (κ3) is 3.15. The number of unbranched alkanes of at least 4 members (excludes halogenated alkanes) is 1. The molecule has 5 heteroatoms. The molecule has 0 aliphatic rings. The van der Waals surface area contributed by atoms with E-state index in [1.807, 2.05) is 37.4 Å². The van der Waals surface area contributed by atoms with Crippen LogP contribution in [0.15, 0.2) is 59.1 Å². The standard InChI is InChI=1S/C27H24BrNO3/c1-4-5-12-32-27(30)22-15-21-18(11-10-17-20(21)13-16(31-3)14-23(17)28)25-19-8-6-7-9-24(19)29(2)26(22)25/h6-11,13-15H,4-5,12H2,1-3H3. The van der Waals surface area contributed by atoms with Gasteiger partial charge in [0.15, 0.2) is 0 Å². The fourth-order valence-electron chi connectivity index (χ4n) is 4.61. The lowest BCUT2D eigenvalue weighted by Gasteiger charge is -2.13. The molecule has 0 radical (unpaired) electrons. The molecule has 0 saturated carbocycles. The van der Waals surface area contributed by atoms with Gasteiger partial charge < -0.3 is 14.0 Å². The summed E-state index contributed by atoms with van der Waals surface area (Å²) < 4.78 is 14.3. The molecule has 1 aromatic heterocycles. The highest BCUT2D eigenvalue weighted by Crippen LogP contribution is 2.41. The zero-order chi connectivity index (χ0) is 22.4. The summed E-state index contributed by atoms with van der Waals surface area (Å²) in [6.45, 7) is 2.51. The highest BCUT2D eigenvalue weighted by molar-refractivity contribution is 9.10. The second kappa shape index (κ2) is 8.14. The summed E-state index contributed by atoms with van der Waals surface area (Å²) in [7, 11) is 3.68. The fourth-order valence-corrected chi connectivity index (χ4v) is 5.19. The van der Waals surface area contributed by atoms with Crippen LogP contribution in [-0.2, 0) is 11.8 Å². The highest BCUT2D eigenvalue weighted by Gasteiger charge is 2.21. The van der Waals surface area contributed by atoms with Crippen LogP contribution in [0, 0.1) is 0 Å². The number of rotatable bonds is 5. The summed E-state index contributed by atoms with van der Waals surface area (Å²) in [6, 6.07) is 18.5. The van der Waals surface area contributed by atoms with Gasteiger partial charge in [-0.1, -0.05) is 59.6 Å². The van der Waals surface area contributed by atoms with Crippen LogP contribution in [0.3, 0.4) is 0 Å². The van der Waals surface area contributed by atoms with Crippen LogP contribution in [-0.4, -0.2) is 24.3 Å². The maximum absolute atomic E-state index is 13.3. The van der Waals surface area contributed by atoms with Crippen molar-refractivity contribution in [2.24, 2.45) is 7.05 Å². The normalized spacial score (nSPS) is 11.6. The minimum absolute atomic E-state index is 0.282. The van der Waals surface area contributed by atoms with Gasteiger partial charge in [-0.3, -0.25) is 0 Å². The van der Waals surface area contributed by atoms with Crippen molar-refractivity contribution in [3.8, 4) is 5.75 Å².